The van der Waals surface area contributed by atoms with Crippen LogP contribution in [0.2, 0.25) is 0 Å². The van der Waals surface area contributed by atoms with E-state index in [1.807, 2.05) is 12.3 Å². The molecule has 0 atom stereocenters. The summed E-state index contributed by atoms with van der Waals surface area (Å²) in [5.41, 5.74) is 0.239. The Labute approximate surface area is 147 Å². The lowest BCUT2D eigenvalue weighted by Gasteiger charge is -2.41. The predicted octanol–water partition coefficient (Wildman–Crippen LogP) is 1.79. The van der Waals surface area contributed by atoms with Crippen LogP contribution in [-0.2, 0) is 10.2 Å². The van der Waals surface area contributed by atoms with Gasteiger partial charge in [0.15, 0.2) is 6.19 Å². The van der Waals surface area contributed by atoms with Crippen LogP contribution in [0, 0.1) is 17.3 Å². The molecule has 1 aromatic carbocycles. The summed E-state index contributed by atoms with van der Waals surface area (Å²) in [5, 5.41) is 17.3. The van der Waals surface area contributed by atoms with Crippen molar-refractivity contribution in [1.29, 1.82) is 5.26 Å². The first-order chi connectivity index (χ1) is 12.0. The van der Waals surface area contributed by atoms with E-state index in [0.717, 1.165) is 25.7 Å². The van der Waals surface area contributed by atoms with E-state index in [-0.39, 0.29) is 17.8 Å². The van der Waals surface area contributed by atoms with Crippen LogP contribution in [0.5, 0.6) is 0 Å². The van der Waals surface area contributed by atoms with Gasteiger partial charge in [-0.15, -0.1) is 0 Å². The van der Waals surface area contributed by atoms with E-state index in [1.54, 1.807) is 19.2 Å². The number of benzene rings is 1. The van der Waals surface area contributed by atoms with Crippen molar-refractivity contribution in [2.24, 2.45) is 4.99 Å². The number of hydrogen-bond acceptors (Lipinski definition) is 3. The fourth-order valence-corrected chi connectivity index (χ4v) is 3.44. The second kappa shape index (κ2) is 8.47. The van der Waals surface area contributed by atoms with Crippen LogP contribution >= 0.6 is 0 Å². The van der Waals surface area contributed by atoms with Crippen LogP contribution in [0.25, 0.3) is 0 Å². The maximum absolute atomic E-state index is 14.4. The first-order valence-corrected chi connectivity index (χ1v) is 8.38. The predicted molar refractivity (Wildman–Crippen MR) is 94.3 cm³/mol. The van der Waals surface area contributed by atoms with E-state index in [1.165, 1.54) is 13.0 Å². The van der Waals surface area contributed by atoms with Crippen molar-refractivity contribution in [1.82, 2.24) is 16.0 Å². The molecule has 1 aliphatic carbocycles. The molecule has 1 aliphatic rings. The van der Waals surface area contributed by atoms with Crippen molar-refractivity contribution < 1.29 is 9.18 Å². The molecular weight excluding hydrogens is 321 g/mol. The van der Waals surface area contributed by atoms with Gasteiger partial charge in [0, 0.05) is 32.0 Å². The Kier molecular flexibility index (Phi) is 6.34. The van der Waals surface area contributed by atoms with E-state index in [0.29, 0.717) is 18.1 Å². The standard InChI is InChI=1S/C18H24FN5O/c1-13(25)22-11-18(15-5-3-4-6-16(15)19)9-7-14(8-10-18)24-17(21-2)23-12-20/h3-6,14H,7-11H2,1-2H3,(H,22,25)(H2,21,23,24). The molecule has 0 bridgehead atoms. The van der Waals surface area contributed by atoms with Crippen LogP contribution in [0.1, 0.15) is 38.2 Å². The summed E-state index contributed by atoms with van der Waals surface area (Å²) in [5.74, 6) is 0.0866. The number of carbonyl (C=O) groups is 1. The highest BCUT2D eigenvalue weighted by atomic mass is 19.1. The van der Waals surface area contributed by atoms with Crippen molar-refractivity contribution in [2.75, 3.05) is 13.6 Å². The first-order valence-electron chi connectivity index (χ1n) is 8.38. The zero-order valence-corrected chi connectivity index (χ0v) is 14.6. The molecule has 0 unspecified atom stereocenters. The molecule has 1 saturated carbocycles. The molecule has 2 rings (SSSR count). The monoisotopic (exact) mass is 345 g/mol. The summed E-state index contributed by atoms with van der Waals surface area (Å²) < 4.78 is 14.4. The number of nitriles is 1. The number of aliphatic imine (C=N–C) groups is 1. The van der Waals surface area contributed by atoms with Crippen molar-refractivity contribution in [3.63, 3.8) is 0 Å². The maximum Gasteiger partial charge on any atom is 0.216 e. The van der Waals surface area contributed by atoms with E-state index < -0.39 is 5.41 Å². The van der Waals surface area contributed by atoms with Gasteiger partial charge in [-0.05, 0) is 37.3 Å². The second-order valence-electron chi connectivity index (χ2n) is 6.40. The number of nitrogens with zero attached hydrogens (tertiary/aromatic N) is 2. The SMILES string of the molecule is CN=C(NC#N)NC1CCC(CNC(C)=O)(c2ccccc2F)CC1. The quantitative estimate of drug-likeness (QED) is 0.336. The number of carbonyl (C=O) groups excluding carboxylic acids is 1. The summed E-state index contributed by atoms with van der Waals surface area (Å²) in [6.07, 6.45) is 4.90. The van der Waals surface area contributed by atoms with Crippen LogP contribution in [0.15, 0.2) is 29.3 Å². The van der Waals surface area contributed by atoms with Gasteiger partial charge in [0.25, 0.3) is 0 Å². The van der Waals surface area contributed by atoms with E-state index in [9.17, 15) is 9.18 Å². The number of rotatable bonds is 4. The van der Waals surface area contributed by atoms with Crippen molar-refractivity contribution in [3.05, 3.63) is 35.6 Å². The highest BCUT2D eigenvalue weighted by molar-refractivity contribution is 5.81. The van der Waals surface area contributed by atoms with Gasteiger partial charge in [0.05, 0.1) is 0 Å². The Balaban J connectivity index is 2.14. The lowest BCUT2D eigenvalue weighted by atomic mass is 9.68. The van der Waals surface area contributed by atoms with Gasteiger partial charge in [0.1, 0.15) is 5.82 Å². The molecule has 25 heavy (non-hydrogen) atoms. The number of guanidine groups is 1. The molecule has 1 amide bonds. The highest BCUT2D eigenvalue weighted by Crippen LogP contribution is 2.40. The summed E-state index contributed by atoms with van der Waals surface area (Å²) in [4.78, 5) is 15.4. The Morgan fingerprint density at radius 1 is 1.40 bits per heavy atom. The Bertz CT molecular complexity index is 674. The third kappa shape index (κ3) is 4.69. The van der Waals surface area contributed by atoms with Gasteiger partial charge in [0.2, 0.25) is 11.9 Å². The molecule has 0 aliphatic heterocycles. The molecule has 6 nitrogen and oxygen atoms in total. The molecule has 0 heterocycles. The van der Waals surface area contributed by atoms with E-state index in [4.69, 9.17) is 5.26 Å². The normalized spacial score (nSPS) is 23.4. The van der Waals surface area contributed by atoms with Crippen LogP contribution in [0.4, 0.5) is 4.39 Å². The highest BCUT2D eigenvalue weighted by Gasteiger charge is 2.38. The summed E-state index contributed by atoms with van der Waals surface area (Å²) in [6, 6.07) is 6.93. The smallest absolute Gasteiger partial charge is 0.216 e. The van der Waals surface area contributed by atoms with Gasteiger partial charge in [-0.1, -0.05) is 18.2 Å². The fraction of sp³-hybridized carbons (Fsp3) is 0.500. The lowest BCUT2D eigenvalue weighted by molar-refractivity contribution is -0.119. The molecule has 0 aromatic heterocycles. The third-order valence-electron chi connectivity index (χ3n) is 4.80. The third-order valence-corrected chi connectivity index (χ3v) is 4.80. The molecule has 0 saturated heterocycles. The second-order valence-corrected chi connectivity index (χ2v) is 6.40. The van der Waals surface area contributed by atoms with Gasteiger partial charge in [-0.3, -0.25) is 15.1 Å². The maximum atomic E-state index is 14.4. The summed E-state index contributed by atoms with van der Waals surface area (Å²) >= 11 is 0. The lowest BCUT2D eigenvalue weighted by Crippen LogP contribution is -2.49. The van der Waals surface area contributed by atoms with Gasteiger partial charge >= 0.3 is 0 Å². The number of hydrogen-bond donors (Lipinski definition) is 3. The summed E-state index contributed by atoms with van der Waals surface area (Å²) in [6.45, 7) is 1.89. The van der Waals surface area contributed by atoms with E-state index >= 15 is 0 Å². The molecule has 1 fully saturated rings. The number of halogens is 1. The molecule has 3 N–H and O–H groups in total. The Morgan fingerprint density at radius 3 is 2.64 bits per heavy atom. The van der Waals surface area contributed by atoms with Crippen molar-refractivity contribution in [2.45, 2.75) is 44.1 Å². The molecule has 0 spiro atoms. The zero-order valence-electron chi connectivity index (χ0n) is 14.6. The minimum Gasteiger partial charge on any atom is -0.355 e. The molecule has 1 aromatic rings. The Hall–Kier alpha value is -2.62. The first kappa shape index (κ1) is 18.7. The molecule has 134 valence electrons. The largest absolute Gasteiger partial charge is 0.355 e. The molecule has 7 heteroatoms. The van der Waals surface area contributed by atoms with Crippen LogP contribution in [-0.4, -0.2) is 31.5 Å². The van der Waals surface area contributed by atoms with Crippen molar-refractivity contribution >= 4 is 11.9 Å². The number of nitrogens with one attached hydrogen (secondary N) is 3. The average molecular weight is 345 g/mol. The summed E-state index contributed by atoms with van der Waals surface area (Å²) in [7, 11) is 1.61. The minimum atomic E-state index is -0.415. The van der Waals surface area contributed by atoms with Gasteiger partial charge < -0.3 is 10.6 Å². The van der Waals surface area contributed by atoms with Crippen LogP contribution in [0.3, 0.4) is 0 Å². The van der Waals surface area contributed by atoms with E-state index in [2.05, 4.69) is 20.9 Å². The fourth-order valence-electron chi connectivity index (χ4n) is 3.44. The molecule has 0 radical (unpaired) electrons. The zero-order chi connectivity index (χ0) is 18.3. The Morgan fingerprint density at radius 2 is 2.08 bits per heavy atom. The average Bonchev–Trinajstić information content (AvgIpc) is 2.61. The van der Waals surface area contributed by atoms with Crippen LogP contribution < -0.4 is 16.0 Å². The van der Waals surface area contributed by atoms with Gasteiger partial charge in [-0.2, -0.15) is 5.26 Å². The molecular formula is C18H24FN5O. The minimum absolute atomic E-state index is 0.116. The van der Waals surface area contributed by atoms with Gasteiger partial charge in [-0.25, -0.2) is 4.39 Å². The topological polar surface area (TPSA) is 89.3 Å². The van der Waals surface area contributed by atoms with Crippen molar-refractivity contribution in [3.8, 4) is 6.19 Å². The number of amides is 1.